The maximum atomic E-state index is 9.07. The Kier molecular flexibility index (Phi) is 4.18. The molecular formula is C14H19NO2. The van der Waals surface area contributed by atoms with Crippen LogP contribution in [0.4, 0.5) is 0 Å². The topological polar surface area (TPSA) is 45.4 Å². The van der Waals surface area contributed by atoms with Gasteiger partial charge in [-0.3, -0.25) is 0 Å². The van der Waals surface area contributed by atoms with Crippen molar-refractivity contribution in [3.63, 3.8) is 0 Å². The van der Waals surface area contributed by atoms with Crippen LogP contribution in [0.1, 0.15) is 24.8 Å². The molecule has 0 aliphatic heterocycles. The van der Waals surface area contributed by atoms with Crippen LogP contribution in [-0.2, 0) is 13.2 Å². The van der Waals surface area contributed by atoms with E-state index in [1.807, 2.05) is 12.1 Å². The van der Waals surface area contributed by atoms with Crippen molar-refractivity contribution in [2.75, 3.05) is 6.61 Å². The number of unbranched alkanes of at least 4 members (excludes halogenated alkanes) is 2. The second kappa shape index (κ2) is 5.84. The summed E-state index contributed by atoms with van der Waals surface area (Å²) in [6, 6.07) is 8.14. The van der Waals surface area contributed by atoms with Crippen molar-refractivity contribution in [3.05, 3.63) is 36.0 Å². The molecule has 0 atom stereocenters. The van der Waals surface area contributed by atoms with Crippen molar-refractivity contribution < 1.29 is 10.2 Å². The molecule has 0 saturated carbocycles. The smallest absolute Gasteiger partial charge is 0.0682 e. The van der Waals surface area contributed by atoms with E-state index in [0.717, 1.165) is 31.4 Å². The number of aromatic nitrogens is 1. The first kappa shape index (κ1) is 12.1. The second-order valence-corrected chi connectivity index (χ2v) is 4.34. The second-order valence-electron chi connectivity index (χ2n) is 4.34. The van der Waals surface area contributed by atoms with Gasteiger partial charge in [0.2, 0.25) is 0 Å². The highest BCUT2D eigenvalue weighted by Gasteiger charge is 2.01. The van der Waals surface area contributed by atoms with Crippen LogP contribution in [-0.4, -0.2) is 21.4 Å². The fraction of sp³-hybridized carbons (Fsp3) is 0.429. The van der Waals surface area contributed by atoms with Crippen molar-refractivity contribution in [1.29, 1.82) is 0 Å². The van der Waals surface area contributed by atoms with Crippen LogP contribution in [0.5, 0.6) is 0 Å². The van der Waals surface area contributed by atoms with Crippen LogP contribution < -0.4 is 0 Å². The molecule has 0 aliphatic carbocycles. The molecule has 0 fully saturated rings. The minimum atomic E-state index is 0.0949. The third kappa shape index (κ3) is 2.87. The summed E-state index contributed by atoms with van der Waals surface area (Å²) in [6.07, 6.45) is 5.12. The summed E-state index contributed by atoms with van der Waals surface area (Å²) in [5, 5.41) is 19.0. The summed E-state index contributed by atoms with van der Waals surface area (Å²) in [5.74, 6) is 0. The molecule has 17 heavy (non-hydrogen) atoms. The summed E-state index contributed by atoms with van der Waals surface area (Å²) in [7, 11) is 0. The van der Waals surface area contributed by atoms with Crippen LogP contribution in [0.3, 0.4) is 0 Å². The van der Waals surface area contributed by atoms with Gasteiger partial charge < -0.3 is 14.8 Å². The number of aryl methyl sites for hydroxylation is 1. The SMILES string of the molecule is OCCCCCn1ccc2cc(CO)ccc21. The molecule has 3 heteroatoms. The van der Waals surface area contributed by atoms with Gasteiger partial charge >= 0.3 is 0 Å². The van der Waals surface area contributed by atoms with E-state index >= 15 is 0 Å². The van der Waals surface area contributed by atoms with Crippen molar-refractivity contribution in [3.8, 4) is 0 Å². The normalized spacial score (nSPS) is 11.2. The van der Waals surface area contributed by atoms with Crippen molar-refractivity contribution in [2.45, 2.75) is 32.4 Å². The Labute approximate surface area is 101 Å². The summed E-state index contributed by atoms with van der Waals surface area (Å²) in [6.45, 7) is 1.37. The molecule has 2 aromatic rings. The molecule has 0 spiro atoms. The van der Waals surface area contributed by atoms with Gasteiger partial charge in [-0.1, -0.05) is 6.07 Å². The summed E-state index contributed by atoms with van der Waals surface area (Å²) in [4.78, 5) is 0. The van der Waals surface area contributed by atoms with Crippen LogP contribution in [0.15, 0.2) is 30.5 Å². The number of fused-ring (bicyclic) bond motifs is 1. The lowest BCUT2D eigenvalue weighted by Crippen LogP contribution is -1.96. The van der Waals surface area contributed by atoms with Gasteiger partial charge in [-0.15, -0.1) is 0 Å². The molecule has 1 aromatic carbocycles. The first-order chi connectivity index (χ1) is 8.35. The molecule has 2 N–H and O–H groups in total. The van der Waals surface area contributed by atoms with Gasteiger partial charge in [-0.2, -0.15) is 0 Å². The maximum Gasteiger partial charge on any atom is 0.0682 e. The molecular weight excluding hydrogens is 214 g/mol. The number of hydrogen-bond donors (Lipinski definition) is 2. The van der Waals surface area contributed by atoms with Gasteiger partial charge in [0, 0.05) is 24.9 Å². The first-order valence-electron chi connectivity index (χ1n) is 6.14. The third-order valence-corrected chi connectivity index (χ3v) is 3.08. The minimum Gasteiger partial charge on any atom is -0.396 e. The van der Waals surface area contributed by atoms with Crippen molar-refractivity contribution in [1.82, 2.24) is 4.57 Å². The summed E-state index contributed by atoms with van der Waals surface area (Å²) in [5.41, 5.74) is 2.17. The molecule has 1 heterocycles. The van der Waals surface area contributed by atoms with Gasteiger partial charge in [-0.25, -0.2) is 0 Å². The highest BCUT2D eigenvalue weighted by atomic mass is 16.3. The average molecular weight is 233 g/mol. The lowest BCUT2D eigenvalue weighted by Gasteiger charge is -2.05. The number of aliphatic hydroxyl groups excluding tert-OH is 2. The molecule has 2 rings (SSSR count). The zero-order valence-electron chi connectivity index (χ0n) is 9.97. The molecule has 0 amide bonds. The van der Waals surface area contributed by atoms with Gasteiger partial charge in [0.05, 0.1) is 6.61 Å². The summed E-state index contributed by atoms with van der Waals surface area (Å²) < 4.78 is 2.23. The fourth-order valence-electron chi connectivity index (χ4n) is 2.11. The Morgan fingerprint density at radius 3 is 2.65 bits per heavy atom. The molecule has 0 aliphatic rings. The van der Waals surface area contributed by atoms with E-state index in [2.05, 4.69) is 22.9 Å². The molecule has 0 unspecified atom stereocenters. The van der Waals surface area contributed by atoms with Crippen molar-refractivity contribution in [2.24, 2.45) is 0 Å². The van der Waals surface area contributed by atoms with E-state index in [-0.39, 0.29) is 13.2 Å². The van der Waals surface area contributed by atoms with Crippen LogP contribution in [0, 0.1) is 0 Å². The Bertz CT molecular complexity index is 476. The van der Waals surface area contributed by atoms with Gasteiger partial charge in [0.15, 0.2) is 0 Å². The lowest BCUT2D eigenvalue weighted by atomic mass is 10.1. The molecule has 0 radical (unpaired) electrons. The molecule has 1 aromatic heterocycles. The molecule has 92 valence electrons. The third-order valence-electron chi connectivity index (χ3n) is 3.08. The van der Waals surface area contributed by atoms with E-state index in [1.165, 1.54) is 10.9 Å². The molecule has 0 bridgehead atoms. The van der Waals surface area contributed by atoms with Gasteiger partial charge in [0.25, 0.3) is 0 Å². The highest BCUT2D eigenvalue weighted by Crippen LogP contribution is 2.18. The Hall–Kier alpha value is -1.32. The number of benzene rings is 1. The average Bonchev–Trinajstić information content (AvgIpc) is 2.77. The summed E-state index contributed by atoms with van der Waals surface area (Å²) >= 11 is 0. The van der Waals surface area contributed by atoms with E-state index in [0.29, 0.717) is 0 Å². The maximum absolute atomic E-state index is 9.07. The van der Waals surface area contributed by atoms with E-state index in [9.17, 15) is 0 Å². The Morgan fingerprint density at radius 2 is 1.88 bits per heavy atom. The molecule has 3 nitrogen and oxygen atoms in total. The number of aliphatic hydroxyl groups is 2. The quantitative estimate of drug-likeness (QED) is 0.752. The standard InChI is InChI=1S/C14H19NO2/c16-9-3-1-2-7-15-8-6-13-10-12(11-17)4-5-14(13)15/h4-6,8,10,16-17H,1-3,7,9,11H2. The highest BCUT2D eigenvalue weighted by molar-refractivity contribution is 5.80. The molecule has 0 saturated heterocycles. The van der Waals surface area contributed by atoms with Gasteiger partial charge in [0.1, 0.15) is 0 Å². The number of rotatable bonds is 6. The van der Waals surface area contributed by atoms with E-state index in [1.54, 1.807) is 0 Å². The zero-order chi connectivity index (χ0) is 12.1. The van der Waals surface area contributed by atoms with Crippen molar-refractivity contribution >= 4 is 10.9 Å². The zero-order valence-corrected chi connectivity index (χ0v) is 9.97. The van der Waals surface area contributed by atoms with E-state index in [4.69, 9.17) is 10.2 Å². The Balaban J connectivity index is 2.08. The van der Waals surface area contributed by atoms with Gasteiger partial charge in [-0.05, 0) is 48.4 Å². The fourth-order valence-corrected chi connectivity index (χ4v) is 2.11. The predicted molar refractivity (Wildman–Crippen MR) is 68.8 cm³/mol. The predicted octanol–water partition coefficient (Wildman–Crippen LogP) is 2.30. The van der Waals surface area contributed by atoms with E-state index < -0.39 is 0 Å². The monoisotopic (exact) mass is 233 g/mol. The lowest BCUT2D eigenvalue weighted by molar-refractivity contribution is 0.282. The largest absolute Gasteiger partial charge is 0.396 e. The van der Waals surface area contributed by atoms with Crippen LogP contribution in [0.25, 0.3) is 10.9 Å². The van der Waals surface area contributed by atoms with Crippen LogP contribution in [0.2, 0.25) is 0 Å². The Morgan fingerprint density at radius 1 is 1.00 bits per heavy atom. The number of hydrogen-bond acceptors (Lipinski definition) is 2. The number of nitrogens with zero attached hydrogens (tertiary/aromatic N) is 1. The minimum absolute atomic E-state index is 0.0949. The van der Waals surface area contributed by atoms with Crippen LogP contribution >= 0.6 is 0 Å². The first-order valence-corrected chi connectivity index (χ1v) is 6.14.